The Morgan fingerprint density at radius 1 is 0.349 bits per heavy atom. The molecule has 83 heavy (non-hydrogen) atoms. The highest BCUT2D eigenvalue weighted by Gasteiger charge is 2.62. The van der Waals surface area contributed by atoms with Crippen molar-refractivity contribution in [3.05, 3.63) is 0 Å². The lowest BCUT2D eigenvalue weighted by Crippen LogP contribution is -2.73. The van der Waals surface area contributed by atoms with Crippen LogP contribution in [0.1, 0.15) is 27.7 Å². The van der Waals surface area contributed by atoms with E-state index in [4.69, 9.17) is 51.7 Å². The van der Waals surface area contributed by atoms with Crippen LogP contribution in [0.4, 0.5) is 0 Å². The Kier molecular flexibility index (Phi) is 24.4. The molecule has 5 saturated heterocycles. The van der Waals surface area contributed by atoms with Crippen molar-refractivity contribution in [1.82, 2.24) is 21.3 Å². The molecule has 22 N–H and O–H groups in total. The number of amides is 4. The number of aliphatic hydroxyl groups excluding tert-OH is 17. The van der Waals surface area contributed by atoms with Crippen LogP contribution in [0.15, 0.2) is 0 Å². The summed E-state index contributed by atoms with van der Waals surface area (Å²) in [5, 5.41) is 195. The van der Waals surface area contributed by atoms with Crippen molar-refractivity contribution in [2.45, 2.75) is 218 Å². The summed E-state index contributed by atoms with van der Waals surface area (Å²) < 4.78 is 77.8. The molecule has 0 radical (unpaired) electrons. The second kappa shape index (κ2) is 29.3. The first-order valence-electron chi connectivity index (χ1n) is 25.8. The normalized spacial score (nSPS) is 46.7. The van der Waals surface area contributed by atoms with Gasteiger partial charge >= 0.3 is 7.82 Å². The summed E-state index contributed by atoms with van der Waals surface area (Å²) in [6.07, 6.45) is -59.6. The summed E-state index contributed by atoms with van der Waals surface area (Å²) in [6.45, 7) is -1.77. The Morgan fingerprint density at radius 2 is 0.651 bits per heavy atom. The van der Waals surface area contributed by atoms with Gasteiger partial charge in [0, 0.05) is 27.7 Å². The van der Waals surface area contributed by atoms with Gasteiger partial charge in [0.15, 0.2) is 31.5 Å². The van der Waals surface area contributed by atoms with E-state index in [2.05, 4.69) is 21.3 Å². The highest BCUT2D eigenvalue weighted by atomic mass is 31.2. The van der Waals surface area contributed by atoms with Crippen molar-refractivity contribution in [2.75, 3.05) is 33.0 Å². The number of phosphoric acid groups is 1. The van der Waals surface area contributed by atoms with Crippen LogP contribution >= 0.6 is 7.82 Å². The summed E-state index contributed by atoms with van der Waals surface area (Å²) in [4.78, 5) is 61.6. The second-order valence-corrected chi connectivity index (χ2v) is 21.8. The lowest BCUT2D eigenvalue weighted by molar-refractivity contribution is -0.363. The van der Waals surface area contributed by atoms with E-state index in [9.17, 15) is 115 Å². The molecular weight excluding hydrogens is 1160 g/mol. The van der Waals surface area contributed by atoms with Crippen molar-refractivity contribution in [2.24, 2.45) is 0 Å². The van der Waals surface area contributed by atoms with Gasteiger partial charge in [0.05, 0.1) is 33.0 Å². The molecule has 6 aliphatic rings. The molecule has 5 aliphatic heterocycles. The molecule has 480 valence electrons. The number of nitrogens with one attached hydrogen (secondary N) is 4. The predicted octanol–water partition coefficient (Wildman–Crippen LogP) is -14.0. The summed E-state index contributed by atoms with van der Waals surface area (Å²) >= 11 is 0. The van der Waals surface area contributed by atoms with Crippen LogP contribution in [0.25, 0.3) is 0 Å². The van der Waals surface area contributed by atoms with Crippen LogP contribution in [0, 0.1) is 0 Å². The van der Waals surface area contributed by atoms with Gasteiger partial charge in [-0.25, -0.2) is 4.57 Å². The van der Waals surface area contributed by atoms with E-state index in [1.165, 1.54) is 0 Å². The zero-order chi connectivity index (χ0) is 61.8. The van der Waals surface area contributed by atoms with Crippen molar-refractivity contribution < 1.29 is 167 Å². The molecule has 1 aliphatic carbocycles. The van der Waals surface area contributed by atoms with Crippen molar-refractivity contribution in [3.63, 3.8) is 0 Å². The van der Waals surface area contributed by atoms with Crippen LogP contribution in [0.2, 0.25) is 0 Å². The molecule has 0 aromatic carbocycles. The van der Waals surface area contributed by atoms with E-state index >= 15 is 0 Å². The lowest BCUT2D eigenvalue weighted by Gasteiger charge is -2.52. The van der Waals surface area contributed by atoms with Gasteiger partial charge in [-0.05, 0) is 0 Å². The fraction of sp³-hybridized carbons (Fsp3) is 0.909. The zero-order valence-electron chi connectivity index (χ0n) is 44.5. The van der Waals surface area contributed by atoms with Crippen LogP contribution in [0.5, 0.6) is 0 Å². The largest absolute Gasteiger partial charge is 0.473 e. The Morgan fingerprint density at radius 3 is 1.02 bits per heavy atom. The highest BCUT2D eigenvalue weighted by molar-refractivity contribution is 7.47. The van der Waals surface area contributed by atoms with Crippen molar-refractivity contribution in [3.8, 4) is 0 Å². The summed E-state index contributed by atoms with van der Waals surface area (Å²) in [7, 11) is -6.32. The highest BCUT2D eigenvalue weighted by Crippen LogP contribution is 2.52. The molecule has 39 heteroatoms. The maximum atomic E-state index is 14.8. The number of phosphoric ester groups is 1. The quantitative estimate of drug-likeness (QED) is 0.0475. The average Bonchev–Trinajstić information content (AvgIpc) is 3.00. The minimum atomic E-state index is -6.32. The first kappa shape index (κ1) is 69.1. The molecule has 5 heterocycles. The Bertz CT molecular complexity index is 2200. The molecule has 4 amide bonds. The van der Waals surface area contributed by atoms with Gasteiger partial charge in [-0.1, -0.05) is 0 Å². The van der Waals surface area contributed by atoms with Crippen LogP contribution in [-0.2, 0) is 75.4 Å². The summed E-state index contributed by atoms with van der Waals surface area (Å²) in [6, 6.07) is -7.49. The Labute approximate surface area is 469 Å². The maximum absolute atomic E-state index is 14.8. The number of aliphatic hydroxyl groups is 17. The third-order valence-electron chi connectivity index (χ3n) is 14.5. The molecule has 32 atom stereocenters. The fourth-order valence-corrected chi connectivity index (χ4v) is 11.5. The molecule has 1 saturated carbocycles. The van der Waals surface area contributed by atoms with E-state index in [-0.39, 0.29) is 0 Å². The Balaban J connectivity index is 1.47. The number of hydrogen-bond donors (Lipinski definition) is 22. The molecular formula is C44H75N4O34P. The molecule has 6 fully saturated rings. The molecule has 0 aromatic rings. The van der Waals surface area contributed by atoms with E-state index in [0.29, 0.717) is 0 Å². The van der Waals surface area contributed by atoms with Crippen molar-refractivity contribution in [1.29, 1.82) is 0 Å². The first-order chi connectivity index (χ1) is 38.9. The number of carbonyl (C=O) groups excluding carboxylic acids is 4. The third kappa shape index (κ3) is 15.6. The van der Waals surface area contributed by atoms with E-state index in [1.807, 2.05) is 0 Å². The van der Waals surface area contributed by atoms with Gasteiger partial charge in [0.1, 0.15) is 158 Å². The zero-order valence-corrected chi connectivity index (χ0v) is 45.4. The van der Waals surface area contributed by atoms with Gasteiger partial charge in [-0.15, -0.1) is 0 Å². The van der Waals surface area contributed by atoms with Gasteiger partial charge in [0.2, 0.25) is 23.6 Å². The van der Waals surface area contributed by atoms with Crippen molar-refractivity contribution >= 4 is 31.5 Å². The number of carbonyl (C=O) groups is 4. The maximum Gasteiger partial charge on any atom is 0.473 e. The van der Waals surface area contributed by atoms with E-state index < -0.39 is 254 Å². The third-order valence-corrected chi connectivity index (χ3v) is 15.5. The molecule has 0 spiro atoms. The van der Waals surface area contributed by atoms with Crippen LogP contribution in [-0.4, -0.2) is 338 Å². The number of hydrogen-bond acceptors (Lipinski definition) is 33. The average molecular weight is 1240 g/mol. The lowest BCUT2D eigenvalue weighted by atomic mass is 9.83. The summed E-state index contributed by atoms with van der Waals surface area (Å²) in [5.41, 5.74) is 0. The van der Waals surface area contributed by atoms with E-state index in [0.717, 1.165) is 27.7 Å². The van der Waals surface area contributed by atoms with Gasteiger partial charge in [0.25, 0.3) is 0 Å². The smallest absolute Gasteiger partial charge is 0.394 e. The number of rotatable bonds is 21. The molecule has 0 aromatic heterocycles. The monoisotopic (exact) mass is 1230 g/mol. The van der Waals surface area contributed by atoms with Crippen LogP contribution in [0.3, 0.4) is 0 Å². The molecule has 0 bridgehead atoms. The standard InChI is InChI=1S/C44H75N4O34P/c1-10(54)45-19-27(62)23(58)14(5-49)73-41(19)78-36-30(65)31(66)37(79-42-20(46-11(2)55)28(63)24(59)15(6-50)74-42)39(38(36)80-43-21(47-12(3)56)29(64)25(60)16(7-51)75-43)82-83(70,71)81-34-18(9-53)76-44(33(68)32(34)67)77-35-22(48-13(4)57)40(69)72-17(8-52)26(35)61/h14-44,49-53,58-69H,5-9H2,1-4H3,(H,45,54)(H,46,55)(H,47,56)(H,48,57)(H,70,71)/t14-,15-,16-,17-,18-,19-,20-,21-,22-,23+,24-,25-,26+,27-,28-,29-,30+,31+,32-,33-,34-,35-,36-,37-,38-,39+,40?,41-,42+,43+,44+/m1/s1. The second-order valence-electron chi connectivity index (χ2n) is 20.5. The minimum absolute atomic E-state index is 0.816. The SMILES string of the molecule is CC(=O)N[C@H]1[C@@H](O[C@@H]2[C@@H](O)[C@H](O)[C@@H](O[C@@H]3O[C@H](CO)[C@@H](O)[C@H](O)[C@H]3NC(C)=O)[C@H](OP(=O)(O)O[C@H]3[C@H](O)[C@@H](O)[C@H](O[C@H]4[C@@H](O)[C@@H](CO)OC(O)[C@@H]4NC(C)=O)O[C@@H]3CO)[C@@H]2O[C@@H]2O[C@H](CO)[C@@H](O)[C@H](O)[C@H]2NC(C)=O)O[C@H](CO)[C@H](O)[C@@H]1O. The van der Waals surface area contributed by atoms with E-state index in [1.54, 1.807) is 0 Å². The molecule has 38 nitrogen and oxygen atoms in total. The fourth-order valence-electron chi connectivity index (χ4n) is 10.4. The van der Waals surface area contributed by atoms with Gasteiger partial charge in [-0.2, -0.15) is 0 Å². The Hall–Kier alpha value is -3.05. The topological polar surface area (TPSA) is 599 Å². The predicted molar refractivity (Wildman–Crippen MR) is 257 cm³/mol. The molecule has 6 rings (SSSR count). The molecule has 2 unspecified atom stereocenters. The summed E-state index contributed by atoms with van der Waals surface area (Å²) in [5.74, 6) is -3.66. The van der Waals surface area contributed by atoms with Crippen LogP contribution < -0.4 is 21.3 Å². The van der Waals surface area contributed by atoms with Gasteiger partial charge < -0.3 is 156 Å². The number of ether oxygens (including phenoxy) is 9. The van der Waals surface area contributed by atoms with Gasteiger partial charge in [-0.3, -0.25) is 28.2 Å². The first-order valence-corrected chi connectivity index (χ1v) is 27.3. The minimum Gasteiger partial charge on any atom is -0.394 e.